The molecule has 1 fully saturated rings. The smallest absolute Gasteiger partial charge is 0.160 e. The Hall–Kier alpha value is -1.37. The minimum Gasteiger partial charge on any atom is -0.377 e. The van der Waals surface area contributed by atoms with E-state index in [1.54, 1.807) is 24.3 Å². The van der Waals surface area contributed by atoms with Crippen molar-refractivity contribution in [3.63, 3.8) is 0 Å². The highest BCUT2D eigenvalue weighted by molar-refractivity contribution is 6.30. The van der Waals surface area contributed by atoms with Gasteiger partial charge in [0.15, 0.2) is 5.78 Å². The number of hydrogen-bond acceptors (Lipinski definition) is 3. The maximum absolute atomic E-state index is 12.5. The molecule has 4 heteroatoms. The molecule has 3 atom stereocenters. The maximum atomic E-state index is 12.5. The van der Waals surface area contributed by atoms with Crippen LogP contribution in [0.4, 0.5) is 0 Å². The lowest BCUT2D eigenvalue weighted by molar-refractivity contribution is -0.124. The Morgan fingerprint density at radius 1 is 1.53 bits per heavy atom. The van der Waals surface area contributed by atoms with Gasteiger partial charge in [-0.25, -0.2) is 0 Å². The third kappa shape index (κ3) is 2.97. The van der Waals surface area contributed by atoms with Crippen LogP contribution in [0.15, 0.2) is 24.3 Å². The zero-order chi connectivity index (χ0) is 13.8. The first kappa shape index (κ1) is 14.0. The second-order valence-electron chi connectivity index (χ2n) is 4.73. The molecule has 0 saturated carbocycles. The van der Waals surface area contributed by atoms with E-state index in [0.717, 1.165) is 6.42 Å². The minimum absolute atomic E-state index is 0.0332. The van der Waals surface area contributed by atoms with Crippen molar-refractivity contribution in [1.29, 1.82) is 5.26 Å². The molecule has 1 aliphatic heterocycles. The average molecular weight is 278 g/mol. The van der Waals surface area contributed by atoms with Crippen molar-refractivity contribution < 1.29 is 9.53 Å². The maximum Gasteiger partial charge on any atom is 0.160 e. The van der Waals surface area contributed by atoms with E-state index >= 15 is 0 Å². The van der Waals surface area contributed by atoms with E-state index in [-0.39, 0.29) is 17.8 Å². The van der Waals surface area contributed by atoms with Gasteiger partial charge in [0.05, 0.1) is 12.2 Å². The Bertz CT molecular complexity index is 492. The molecule has 1 aromatic rings. The molecule has 1 aromatic carbocycles. The fourth-order valence-corrected chi connectivity index (χ4v) is 2.67. The average Bonchev–Trinajstić information content (AvgIpc) is 2.90. The number of rotatable bonds is 4. The van der Waals surface area contributed by atoms with Crippen molar-refractivity contribution in [3.8, 4) is 6.07 Å². The van der Waals surface area contributed by atoms with E-state index in [1.165, 1.54) is 0 Å². The van der Waals surface area contributed by atoms with Crippen LogP contribution in [0, 0.1) is 17.2 Å². The quantitative estimate of drug-likeness (QED) is 0.848. The van der Waals surface area contributed by atoms with Crippen LogP contribution in [-0.2, 0) is 9.53 Å². The fourth-order valence-electron chi connectivity index (χ4n) is 2.55. The first-order valence-electron chi connectivity index (χ1n) is 6.47. The molecule has 0 aliphatic carbocycles. The third-order valence-electron chi connectivity index (χ3n) is 3.59. The van der Waals surface area contributed by atoms with Crippen LogP contribution < -0.4 is 0 Å². The Labute approximate surface area is 118 Å². The SMILES string of the molecule is CCC1OCCC1C(=O)C(C#N)c1ccc(Cl)cc1. The van der Waals surface area contributed by atoms with E-state index in [9.17, 15) is 10.1 Å². The number of benzene rings is 1. The van der Waals surface area contributed by atoms with Crippen molar-refractivity contribution in [2.45, 2.75) is 31.8 Å². The molecule has 0 aromatic heterocycles. The van der Waals surface area contributed by atoms with Gasteiger partial charge in [0.1, 0.15) is 5.92 Å². The number of carbonyl (C=O) groups excluding carboxylic acids is 1. The number of Topliss-reactive ketones (excluding diaryl/α,β-unsaturated/α-hetero) is 1. The number of halogens is 1. The lowest BCUT2D eigenvalue weighted by Crippen LogP contribution is -2.28. The number of nitrogens with zero attached hydrogens (tertiary/aromatic N) is 1. The molecule has 3 unspecified atom stereocenters. The van der Waals surface area contributed by atoms with Crippen molar-refractivity contribution in [1.82, 2.24) is 0 Å². The summed E-state index contributed by atoms with van der Waals surface area (Å²) in [7, 11) is 0. The summed E-state index contributed by atoms with van der Waals surface area (Å²) in [6, 6.07) is 9.00. The summed E-state index contributed by atoms with van der Waals surface area (Å²) in [6.07, 6.45) is 1.47. The molecule has 0 bridgehead atoms. The number of nitriles is 1. The molecule has 1 saturated heterocycles. The van der Waals surface area contributed by atoms with Gasteiger partial charge in [0.2, 0.25) is 0 Å². The zero-order valence-electron chi connectivity index (χ0n) is 10.8. The highest BCUT2D eigenvalue weighted by atomic mass is 35.5. The van der Waals surface area contributed by atoms with E-state index < -0.39 is 5.92 Å². The molecule has 0 amide bonds. The molecule has 0 N–H and O–H groups in total. The summed E-state index contributed by atoms with van der Waals surface area (Å²) in [5, 5.41) is 9.89. The summed E-state index contributed by atoms with van der Waals surface area (Å²) in [4.78, 5) is 12.5. The van der Waals surface area contributed by atoms with E-state index in [1.807, 2.05) is 6.92 Å². The molecule has 1 heterocycles. The van der Waals surface area contributed by atoms with Gasteiger partial charge >= 0.3 is 0 Å². The molecule has 1 aliphatic rings. The molecular formula is C15H16ClNO2. The van der Waals surface area contributed by atoms with Crippen LogP contribution >= 0.6 is 11.6 Å². The Kier molecular flexibility index (Phi) is 4.57. The Morgan fingerprint density at radius 2 is 2.21 bits per heavy atom. The molecule has 2 rings (SSSR count). The standard InChI is InChI=1S/C15H16ClNO2/c1-2-14-12(7-8-19-14)15(18)13(9-17)10-3-5-11(16)6-4-10/h3-6,12-14H,2,7-8H2,1H3. The summed E-state index contributed by atoms with van der Waals surface area (Å²) in [5.41, 5.74) is 0.707. The molecule has 0 spiro atoms. The van der Waals surface area contributed by atoms with Gasteiger partial charge in [-0.15, -0.1) is 0 Å². The topological polar surface area (TPSA) is 50.1 Å². The van der Waals surface area contributed by atoms with Crippen LogP contribution in [0.2, 0.25) is 5.02 Å². The molecule has 100 valence electrons. The van der Waals surface area contributed by atoms with Gasteiger partial charge < -0.3 is 4.74 Å². The predicted octanol–water partition coefficient (Wildman–Crippen LogP) is 3.33. The second kappa shape index (κ2) is 6.18. The van der Waals surface area contributed by atoms with Gasteiger partial charge in [-0.2, -0.15) is 5.26 Å². The molecule has 3 nitrogen and oxygen atoms in total. The van der Waals surface area contributed by atoms with Crippen molar-refractivity contribution in [3.05, 3.63) is 34.9 Å². The number of ether oxygens (including phenoxy) is 1. The monoisotopic (exact) mass is 277 g/mol. The van der Waals surface area contributed by atoms with Gasteiger partial charge in [0, 0.05) is 17.5 Å². The lowest BCUT2D eigenvalue weighted by atomic mass is 9.84. The molecule has 0 radical (unpaired) electrons. The minimum atomic E-state index is -0.724. The van der Waals surface area contributed by atoms with Crippen LogP contribution in [-0.4, -0.2) is 18.5 Å². The van der Waals surface area contributed by atoms with Crippen LogP contribution in [0.1, 0.15) is 31.2 Å². The van der Waals surface area contributed by atoms with Crippen LogP contribution in [0.25, 0.3) is 0 Å². The largest absolute Gasteiger partial charge is 0.377 e. The summed E-state index contributed by atoms with van der Waals surface area (Å²) in [6.45, 7) is 2.60. The Morgan fingerprint density at radius 3 is 2.79 bits per heavy atom. The summed E-state index contributed by atoms with van der Waals surface area (Å²) < 4.78 is 5.53. The van der Waals surface area contributed by atoms with Crippen molar-refractivity contribution in [2.24, 2.45) is 5.92 Å². The fraction of sp³-hybridized carbons (Fsp3) is 0.467. The lowest BCUT2D eigenvalue weighted by Gasteiger charge is -2.18. The van der Waals surface area contributed by atoms with E-state index in [4.69, 9.17) is 16.3 Å². The van der Waals surface area contributed by atoms with E-state index in [0.29, 0.717) is 23.6 Å². The van der Waals surface area contributed by atoms with E-state index in [2.05, 4.69) is 6.07 Å². The third-order valence-corrected chi connectivity index (χ3v) is 3.85. The zero-order valence-corrected chi connectivity index (χ0v) is 11.6. The highest BCUT2D eigenvalue weighted by Crippen LogP contribution is 2.30. The summed E-state index contributed by atoms with van der Waals surface area (Å²) >= 11 is 5.82. The number of ketones is 1. The van der Waals surface area contributed by atoms with Crippen molar-refractivity contribution >= 4 is 17.4 Å². The molecular weight excluding hydrogens is 262 g/mol. The molecule has 19 heavy (non-hydrogen) atoms. The normalized spacial score (nSPS) is 23.8. The van der Waals surface area contributed by atoms with Crippen LogP contribution in [0.5, 0.6) is 0 Å². The second-order valence-corrected chi connectivity index (χ2v) is 5.17. The summed E-state index contributed by atoms with van der Waals surface area (Å²) in [5.74, 6) is -0.919. The van der Waals surface area contributed by atoms with Gasteiger partial charge in [-0.1, -0.05) is 30.7 Å². The van der Waals surface area contributed by atoms with Gasteiger partial charge in [0.25, 0.3) is 0 Å². The number of hydrogen-bond donors (Lipinski definition) is 0. The van der Waals surface area contributed by atoms with Gasteiger partial charge in [-0.3, -0.25) is 4.79 Å². The number of carbonyl (C=O) groups is 1. The highest BCUT2D eigenvalue weighted by Gasteiger charge is 2.37. The first-order chi connectivity index (χ1) is 9.17. The predicted molar refractivity (Wildman–Crippen MR) is 73.0 cm³/mol. The van der Waals surface area contributed by atoms with Crippen LogP contribution in [0.3, 0.4) is 0 Å². The Balaban J connectivity index is 2.20. The van der Waals surface area contributed by atoms with Crippen molar-refractivity contribution in [2.75, 3.05) is 6.61 Å². The van der Waals surface area contributed by atoms with Gasteiger partial charge in [-0.05, 0) is 30.5 Å². The first-order valence-corrected chi connectivity index (χ1v) is 6.85.